The zero-order valence-electron chi connectivity index (χ0n) is 26.4. The molecule has 238 valence electrons. The predicted molar refractivity (Wildman–Crippen MR) is 191 cm³/mol. The van der Waals surface area contributed by atoms with Gasteiger partial charge in [0.25, 0.3) is 0 Å². The molecule has 6 nitrogen and oxygen atoms in total. The Hall–Kier alpha value is -6.14. The van der Waals surface area contributed by atoms with Crippen molar-refractivity contribution < 1.29 is 28.5 Å². The van der Waals surface area contributed by atoms with E-state index in [1.165, 1.54) is 0 Å². The molecule has 0 atom stereocenters. The fraction of sp³-hybridized carbons (Fsp3) is 0.0952. The van der Waals surface area contributed by atoms with Gasteiger partial charge in [-0.05, 0) is 91.3 Å². The maximum Gasteiger partial charge on any atom is 0.330 e. The first-order valence-electron chi connectivity index (χ1n) is 15.6. The maximum absolute atomic E-state index is 11.5. The van der Waals surface area contributed by atoms with E-state index in [9.17, 15) is 9.59 Å². The monoisotopic (exact) mass is 634 g/mol. The van der Waals surface area contributed by atoms with Crippen LogP contribution in [0, 0.1) is 0 Å². The van der Waals surface area contributed by atoms with Crippen LogP contribution in [0.5, 0.6) is 11.5 Å². The Balaban J connectivity index is 1.44. The molecule has 0 saturated heterocycles. The summed E-state index contributed by atoms with van der Waals surface area (Å²) < 4.78 is 22.0. The molecule has 48 heavy (non-hydrogen) atoms. The average molecular weight is 635 g/mol. The van der Waals surface area contributed by atoms with Gasteiger partial charge in [0.2, 0.25) is 0 Å². The lowest BCUT2D eigenvalue weighted by Crippen LogP contribution is -2.10. The fourth-order valence-electron chi connectivity index (χ4n) is 5.69. The van der Waals surface area contributed by atoms with E-state index >= 15 is 0 Å². The third-order valence-corrected chi connectivity index (χ3v) is 7.94. The largest absolute Gasteiger partial charge is 0.490 e. The van der Waals surface area contributed by atoms with Gasteiger partial charge < -0.3 is 18.9 Å². The highest BCUT2D eigenvalue weighted by atomic mass is 16.6. The summed E-state index contributed by atoms with van der Waals surface area (Å²) in [6.07, 6.45) is 2.26. The van der Waals surface area contributed by atoms with Crippen molar-refractivity contribution in [2.45, 2.75) is 0 Å². The highest BCUT2D eigenvalue weighted by molar-refractivity contribution is 6.06. The first kappa shape index (κ1) is 31.8. The van der Waals surface area contributed by atoms with Crippen LogP contribution in [0.1, 0.15) is 0 Å². The highest BCUT2D eigenvalue weighted by Crippen LogP contribution is 2.43. The van der Waals surface area contributed by atoms with Crippen molar-refractivity contribution in [3.63, 3.8) is 0 Å². The Morgan fingerprint density at radius 3 is 1.65 bits per heavy atom. The number of benzene rings is 6. The molecule has 6 heteroatoms. The van der Waals surface area contributed by atoms with Crippen molar-refractivity contribution >= 4 is 33.5 Å². The second kappa shape index (κ2) is 15.0. The number of ether oxygens (including phenoxy) is 4. The zero-order chi connectivity index (χ0) is 33.3. The predicted octanol–water partition coefficient (Wildman–Crippen LogP) is 9.21. The molecular formula is C42H34O6. The normalized spacial score (nSPS) is 10.8. The van der Waals surface area contributed by atoms with E-state index in [0.717, 1.165) is 67.1 Å². The standard InChI is InChI=1S/C42H34O6/c1-3-41(43)47-24-22-45-33-18-16-30(17-19-33)36-21-20-34(46-23-25-48-42(44)4-2)28-40(36)39-27-32-12-6-5-11-31(32)26-38(39)37-15-9-13-29-10-7-8-14-35(29)37/h3-21,26-28H,1-2,22-25H2. The summed E-state index contributed by atoms with van der Waals surface area (Å²) in [7, 11) is 0. The number of carbonyl (C=O) groups excluding carboxylic acids is 2. The van der Waals surface area contributed by atoms with Crippen LogP contribution in [-0.4, -0.2) is 38.4 Å². The molecule has 0 aliphatic carbocycles. The molecule has 0 aliphatic heterocycles. The minimum Gasteiger partial charge on any atom is -0.490 e. The zero-order valence-corrected chi connectivity index (χ0v) is 26.4. The van der Waals surface area contributed by atoms with Gasteiger partial charge in [0.05, 0.1) is 0 Å². The van der Waals surface area contributed by atoms with Crippen molar-refractivity contribution in [3.05, 3.63) is 147 Å². The van der Waals surface area contributed by atoms with Crippen LogP contribution >= 0.6 is 0 Å². The number of carbonyl (C=O) groups is 2. The molecule has 0 N–H and O–H groups in total. The summed E-state index contributed by atoms with van der Waals surface area (Å²) in [4.78, 5) is 22.9. The van der Waals surface area contributed by atoms with Gasteiger partial charge in [0.1, 0.15) is 37.9 Å². The molecule has 0 saturated carbocycles. The molecule has 0 spiro atoms. The number of hydrogen-bond acceptors (Lipinski definition) is 6. The molecule has 0 aliphatic rings. The molecule has 0 fully saturated rings. The van der Waals surface area contributed by atoms with Crippen LogP contribution in [0.2, 0.25) is 0 Å². The first-order chi connectivity index (χ1) is 23.5. The van der Waals surface area contributed by atoms with Crippen molar-refractivity contribution in [2.24, 2.45) is 0 Å². The summed E-state index contributed by atoms with van der Waals surface area (Å²) in [6, 6.07) is 41.5. The van der Waals surface area contributed by atoms with Gasteiger partial charge in [-0.1, -0.05) is 98.1 Å². The molecule has 0 unspecified atom stereocenters. The molecule has 0 aromatic heterocycles. The molecular weight excluding hydrogens is 600 g/mol. The van der Waals surface area contributed by atoms with Gasteiger partial charge in [0, 0.05) is 12.2 Å². The van der Waals surface area contributed by atoms with Crippen molar-refractivity contribution in [1.29, 1.82) is 0 Å². The summed E-state index contributed by atoms with van der Waals surface area (Å²) in [5.74, 6) is 0.333. The van der Waals surface area contributed by atoms with Gasteiger partial charge in [0.15, 0.2) is 0 Å². The average Bonchev–Trinajstić information content (AvgIpc) is 3.14. The lowest BCUT2D eigenvalue weighted by atomic mass is 9.86. The smallest absolute Gasteiger partial charge is 0.330 e. The van der Waals surface area contributed by atoms with Gasteiger partial charge >= 0.3 is 11.9 Å². The number of fused-ring (bicyclic) bond motifs is 2. The van der Waals surface area contributed by atoms with Gasteiger partial charge in [-0.25, -0.2) is 9.59 Å². The van der Waals surface area contributed by atoms with E-state index in [4.69, 9.17) is 18.9 Å². The Kier molecular flexibility index (Phi) is 9.92. The van der Waals surface area contributed by atoms with Crippen LogP contribution in [0.4, 0.5) is 0 Å². The summed E-state index contributed by atoms with van der Waals surface area (Å²) >= 11 is 0. The van der Waals surface area contributed by atoms with Crippen molar-refractivity contribution in [3.8, 4) is 44.9 Å². The third-order valence-electron chi connectivity index (χ3n) is 7.94. The molecule has 0 heterocycles. The topological polar surface area (TPSA) is 71.1 Å². The van der Waals surface area contributed by atoms with Gasteiger partial charge in [-0.2, -0.15) is 0 Å². The second-order valence-corrected chi connectivity index (χ2v) is 10.9. The Bertz CT molecular complexity index is 2110. The molecule has 6 aromatic carbocycles. The van der Waals surface area contributed by atoms with E-state index in [1.807, 2.05) is 48.5 Å². The molecule has 6 rings (SSSR count). The fourth-order valence-corrected chi connectivity index (χ4v) is 5.69. The number of hydrogen-bond donors (Lipinski definition) is 0. The molecule has 0 amide bonds. The summed E-state index contributed by atoms with van der Waals surface area (Å²) in [5.41, 5.74) is 6.24. The minimum absolute atomic E-state index is 0.105. The van der Waals surface area contributed by atoms with Crippen LogP contribution in [0.3, 0.4) is 0 Å². The Morgan fingerprint density at radius 2 is 1.00 bits per heavy atom. The summed E-state index contributed by atoms with van der Waals surface area (Å²) in [5, 5.41) is 4.58. The van der Waals surface area contributed by atoms with Crippen molar-refractivity contribution in [1.82, 2.24) is 0 Å². The molecule has 0 radical (unpaired) electrons. The van der Waals surface area contributed by atoms with Crippen molar-refractivity contribution in [2.75, 3.05) is 26.4 Å². The Morgan fingerprint density at radius 1 is 0.479 bits per heavy atom. The lowest BCUT2D eigenvalue weighted by molar-refractivity contribution is -0.139. The number of rotatable bonds is 13. The van der Waals surface area contributed by atoms with E-state index in [-0.39, 0.29) is 26.4 Å². The minimum atomic E-state index is -0.490. The SMILES string of the molecule is C=CC(=O)OCCOc1ccc(-c2ccc(OCCOC(=O)C=C)cc2-c2cc3ccccc3cc2-c2cccc3ccccc23)cc1. The van der Waals surface area contributed by atoms with Crippen LogP contribution in [-0.2, 0) is 19.1 Å². The first-order valence-corrected chi connectivity index (χ1v) is 15.6. The third kappa shape index (κ3) is 7.29. The quantitative estimate of drug-likeness (QED) is 0.0717. The van der Waals surface area contributed by atoms with Crippen LogP contribution < -0.4 is 9.47 Å². The summed E-state index contributed by atoms with van der Waals surface area (Å²) in [6.45, 7) is 7.50. The number of esters is 2. The van der Waals surface area contributed by atoms with E-state index < -0.39 is 11.9 Å². The van der Waals surface area contributed by atoms with Gasteiger partial charge in [-0.3, -0.25) is 0 Å². The van der Waals surface area contributed by atoms with Gasteiger partial charge in [-0.15, -0.1) is 0 Å². The molecule has 6 aromatic rings. The van der Waals surface area contributed by atoms with E-state index in [1.54, 1.807) is 0 Å². The van der Waals surface area contributed by atoms with Crippen LogP contribution in [0.15, 0.2) is 147 Å². The lowest BCUT2D eigenvalue weighted by Gasteiger charge is -2.19. The van der Waals surface area contributed by atoms with E-state index in [2.05, 4.69) is 86.0 Å². The molecule has 0 bridgehead atoms. The highest BCUT2D eigenvalue weighted by Gasteiger charge is 2.17. The maximum atomic E-state index is 11.5. The van der Waals surface area contributed by atoms with E-state index in [0.29, 0.717) is 11.5 Å². The van der Waals surface area contributed by atoms with Crippen LogP contribution in [0.25, 0.3) is 54.9 Å². The Labute approximate surface area is 279 Å². The second-order valence-electron chi connectivity index (χ2n) is 10.9.